The first-order valence-electron chi connectivity index (χ1n) is 7.65. The summed E-state index contributed by atoms with van der Waals surface area (Å²) in [5, 5.41) is 3.37. The maximum absolute atomic E-state index is 5.48. The lowest BCUT2D eigenvalue weighted by atomic mass is 9.91. The van der Waals surface area contributed by atoms with Crippen LogP contribution in [0.15, 0.2) is 12.3 Å². The standard InChI is InChI=1S/C16H27N3O2/c1-12(17-2)13-6-5-9-19(10-13)11-14-16(21-4)15(20-3)7-8-18-14/h7-8,12-13,17H,5-6,9-11H2,1-4H3. The molecule has 2 unspecified atom stereocenters. The molecule has 1 aromatic rings. The van der Waals surface area contributed by atoms with Crippen molar-refractivity contribution in [2.75, 3.05) is 34.4 Å². The van der Waals surface area contributed by atoms with E-state index < -0.39 is 0 Å². The van der Waals surface area contributed by atoms with Gasteiger partial charge in [0, 0.05) is 31.4 Å². The van der Waals surface area contributed by atoms with Crippen LogP contribution in [0.5, 0.6) is 11.5 Å². The molecule has 1 aliphatic rings. The van der Waals surface area contributed by atoms with Crippen LogP contribution in [0.2, 0.25) is 0 Å². The summed E-state index contributed by atoms with van der Waals surface area (Å²) in [6, 6.07) is 2.39. The van der Waals surface area contributed by atoms with Gasteiger partial charge < -0.3 is 14.8 Å². The highest BCUT2D eigenvalue weighted by atomic mass is 16.5. The monoisotopic (exact) mass is 293 g/mol. The Bertz CT molecular complexity index is 453. The third-order valence-electron chi connectivity index (χ3n) is 4.44. The summed E-state index contributed by atoms with van der Waals surface area (Å²) in [6.07, 6.45) is 4.32. The van der Waals surface area contributed by atoms with Crippen LogP contribution in [0.3, 0.4) is 0 Å². The molecule has 0 radical (unpaired) electrons. The minimum atomic E-state index is 0.549. The normalized spacial score (nSPS) is 21.0. The SMILES string of the molecule is CNC(C)C1CCCN(Cc2nccc(OC)c2OC)C1. The number of aromatic nitrogens is 1. The van der Waals surface area contributed by atoms with Gasteiger partial charge in [-0.15, -0.1) is 0 Å². The molecule has 1 N–H and O–H groups in total. The minimum absolute atomic E-state index is 0.549. The first-order chi connectivity index (χ1) is 10.2. The van der Waals surface area contributed by atoms with Crippen molar-refractivity contribution in [1.29, 1.82) is 0 Å². The van der Waals surface area contributed by atoms with Gasteiger partial charge in [-0.1, -0.05) is 0 Å². The lowest BCUT2D eigenvalue weighted by molar-refractivity contribution is 0.144. The molecular weight excluding hydrogens is 266 g/mol. The Hall–Kier alpha value is -1.33. The van der Waals surface area contributed by atoms with E-state index >= 15 is 0 Å². The summed E-state index contributed by atoms with van der Waals surface area (Å²) >= 11 is 0. The maximum Gasteiger partial charge on any atom is 0.183 e. The molecule has 1 aromatic heterocycles. The Morgan fingerprint density at radius 1 is 1.43 bits per heavy atom. The number of likely N-dealkylation sites (tertiary alicyclic amines) is 1. The van der Waals surface area contributed by atoms with Crippen LogP contribution >= 0.6 is 0 Å². The fraction of sp³-hybridized carbons (Fsp3) is 0.688. The van der Waals surface area contributed by atoms with Gasteiger partial charge in [0.2, 0.25) is 0 Å². The van der Waals surface area contributed by atoms with Crippen molar-refractivity contribution in [2.24, 2.45) is 5.92 Å². The van der Waals surface area contributed by atoms with E-state index in [0.29, 0.717) is 12.0 Å². The summed E-state index contributed by atoms with van der Waals surface area (Å²) in [4.78, 5) is 6.94. The number of nitrogens with zero attached hydrogens (tertiary/aromatic N) is 2. The topological polar surface area (TPSA) is 46.6 Å². The zero-order chi connectivity index (χ0) is 15.2. The second-order valence-corrected chi connectivity index (χ2v) is 5.71. The predicted octanol–water partition coefficient (Wildman–Crippen LogP) is 1.92. The molecule has 2 heterocycles. The predicted molar refractivity (Wildman–Crippen MR) is 83.9 cm³/mol. The molecule has 0 aromatic carbocycles. The van der Waals surface area contributed by atoms with E-state index in [0.717, 1.165) is 36.8 Å². The van der Waals surface area contributed by atoms with Crippen molar-refractivity contribution >= 4 is 0 Å². The molecule has 0 amide bonds. The van der Waals surface area contributed by atoms with E-state index in [1.807, 2.05) is 13.1 Å². The average molecular weight is 293 g/mol. The Morgan fingerprint density at radius 2 is 2.24 bits per heavy atom. The molecule has 1 saturated heterocycles. The van der Waals surface area contributed by atoms with Gasteiger partial charge in [0.15, 0.2) is 11.5 Å². The second-order valence-electron chi connectivity index (χ2n) is 5.71. The number of hydrogen-bond donors (Lipinski definition) is 1. The van der Waals surface area contributed by atoms with Gasteiger partial charge in [-0.25, -0.2) is 0 Å². The fourth-order valence-electron chi connectivity index (χ4n) is 3.05. The molecule has 21 heavy (non-hydrogen) atoms. The van der Waals surface area contributed by atoms with Crippen LogP contribution in [-0.2, 0) is 6.54 Å². The van der Waals surface area contributed by atoms with Gasteiger partial charge >= 0.3 is 0 Å². The Labute approximate surface area is 127 Å². The van der Waals surface area contributed by atoms with Gasteiger partial charge in [-0.3, -0.25) is 9.88 Å². The molecule has 1 fully saturated rings. The molecular formula is C16H27N3O2. The minimum Gasteiger partial charge on any atom is -0.493 e. The molecule has 0 aliphatic carbocycles. The highest BCUT2D eigenvalue weighted by Gasteiger charge is 2.25. The molecule has 0 spiro atoms. The molecule has 1 aliphatic heterocycles. The highest BCUT2D eigenvalue weighted by Crippen LogP contribution is 2.31. The van der Waals surface area contributed by atoms with E-state index in [1.165, 1.54) is 12.8 Å². The molecule has 0 saturated carbocycles. The van der Waals surface area contributed by atoms with Crippen LogP contribution < -0.4 is 14.8 Å². The maximum atomic E-state index is 5.48. The van der Waals surface area contributed by atoms with E-state index in [4.69, 9.17) is 9.47 Å². The molecule has 5 nitrogen and oxygen atoms in total. The van der Waals surface area contributed by atoms with Crippen molar-refractivity contribution in [3.8, 4) is 11.5 Å². The van der Waals surface area contributed by atoms with Gasteiger partial charge in [0.1, 0.15) is 5.69 Å². The zero-order valence-corrected chi connectivity index (χ0v) is 13.6. The lowest BCUT2D eigenvalue weighted by Crippen LogP contribution is -2.43. The Balaban J connectivity index is 2.07. The van der Waals surface area contributed by atoms with Crippen molar-refractivity contribution in [2.45, 2.75) is 32.4 Å². The number of methoxy groups -OCH3 is 2. The summed E-state index contributed by atoms with van der Waals surface area (Å²) in [5.74, 6) is 2.20. The molecule has 0 bridgehead atoms. The quantitative estimate of drug-likeness (QED) is 0.868. The number of piperidine rings is 1. The van der Waals surface area contributed by atoms with Gasteiger partial charge in [0.25, 0.3) is 0 Å². The molecule has 2 atom stereocenters. The van der Waals surface area contributed by atoms with Crippen LogP contribution in [-0.4, -0.2) is 50.3 Å². The van der Waals surface area contributed by atoms with Crippen molar-refractivity contribution in [1.82, 2.24) is 15.2 Å². The average Bonchev–Trinajstić information content (AvgIpc) is 2.54. The van der Waals surface area contributed by atoms with Gasteiger partial charge in [-0.2, -0.15) is 0 Å². The Kier molecular flexibility index (Phi) is 5.82. The lowest BCUT2D eigenvalue weighted by Gasteiger charge is -2.35. The van der Waals surface area contributed by atoms with E-state index in [-0.39, 0.29) is 0 Å². The first kappa shape index (κ1) is 16.0. The van der Waals surface area contributed by atoms with Crippen LogP contribution in [0, 0.1) is 5.92 Å². The fourth-order valence-corrected chi connectivity index (χ4v) is 3.05. The summed E-state index contributed by atoms with van der Waals surface area (Å²) in [7, 11) is 5.37. The number of nitrogens with one attached hydrogen (secondary N) is 1. The van der Waals surface area contributed by atoms with Crippen LogP contribution in [0.25, 0.3) is 0 Å². The highest BCUT2D eigenvalue weighted by molar-refractivity contribution is 5.42. The van der Waals surface area contributed by atoms with Crippen molar-refractivity contribution < 1.29 is 9.47 Å². The van der Waals surface area contributed by atoms with Gasteiger partial charge in [-0.05, 0) is 39.3 Å². The summed E-state index contributed by atoms with van der Waals surface area (Å²) < 4.78 is 10.8. The summed E-state index contributed by atoms with van der Waals surface area (Å²) in [6.45, 7) is 5.30. The van der Waals surface area contributed by atoms with Crippen molar-refractivity contribution in [3.63, 3.8) is 0 Å². The first-order valence-corrected chi connectivity index (χ1v) is 7.65. The number of rotatable bonds is 6. The van der Waals surface area contributed by atoms with Gasteiger partial charge in [0.05, 0.1) is 14.2 Å². The van der Waals surface area contributed by atoms with E-state index in [9.17, 15) is 0 Å². The Morgan fingerprint density at radius 3 is 2.90 bits per heavy atom. The zero-order valence-electron chi connectivity index (χ0n) is 13.6. The number of ether oxygens (including phenoxy) is 2. The summed E-state index contributed by atoms with van der Waals surface area (Å²) in [5.41, 5.74) is 0.953. The largest absolute Gasteiger partial charge is 0.493 e. The second kappa shape index (κ2) is 7.61. The number of pyridine rings is 1. The molecule has 118 valence electrons. The third kappa shape index (κ3) is 3.86. The van der Waals surface area contributed by atoms with Crippen LogP contribution in [0.1, 0.15) is 25.5 Å². The molecule has 5 heteroatoms. The van der Waals surface area contributed by atoms with Crippen LogP contribution in [0.4, 0.5) is 0 Å². The smallest absolute Gasteiger partial charge is 0.183 e. The number of hydrogen-bond acceptors (Lipinski definition) is 5. The molecule has 2 rings (SSSR count). The third-order valence-corrected chi connectivity index (χ3v) is 4.44. The van der Waals surface area contributed by atoms with E-state index in [2.05, 4.69) is 22.1 Å². The van der Waals surface area contributed by atoms with E-state index in [1.54, 1.807) is 20.4 Å². The van der Waals surface area contributed by atoms with Crippen molar-refractivity contribution in [3.05, 3.63) is 18.0 Å².